The first-order valence-corrected chi connectivity index (χ1v) is 10.8. The van der Waals surface area contributed by atoms with Crippen molar-refractivity contribution in [2.24, 2.45) is 10.9 Å². The van der Waals surface area contributed by atoms with E-state index in [9.17, 15) is 4.79 Å². The van der Waals surface area contributed by atoms with Crippen molar-refractivity contribution in [3.05, 3.63) is 108 Å². The summed E-state index contributed by atoms with van der Waals surface area (Å²) >= 11 is 0. The van der Waals surface area contributed by atoms with Crippen LogP contribution in [0.1, 0.15) is 30.5 Å². The smallest absolute Gasteiger partial charge is 0.331 e. The molecule has 0 bridgehead atoms. The van der Waals surface area contributed by atoms with Gasteiger partial charge in [-0.1, -0.05) is 91.9 Å². The third-order valence-corrected chi connectivity index (χ3v) is 5.10. The van der Waals surface area contributed by atoms with Gasteiger partial charge in [-0.2, -0.15) is 0 Å². The van der Waals surface area contributed by atoms with Crippen LogP contribution in [0.3, 0.4) is 0 Å². The van der Waals surface area contributed by atoms with Gasteiger partial charge in [0, 0.05) is 17.0 Å². The molecule has 0 aliphatic rings. The topological polar surface area (TPSA) is 47.9 Å². The predicted octanol–water partition coefficient (Wildman–Crippen LogP) is 5.81. The Hall–Kier alpha value is -3.66. The summed E-state index contributed by atoms with van der Waals surface area (Å²) in [5.41, 5.74) is 3.71. The molecule has 164 valence electrons. The van der Waals surface area contributed by atoms with Crippen LogP contribution in [-0.4, -0.2) is 31.4 Å². The van der Waals surface area contributed by atoms with E-state index in [2.05, 4.69) is 0 Å². The van der Waals surface area contributed by atoms with Crippen LogP contribution in [-0.2, 0) is 9.53 Å². The summed E-state index contributed by atoms with van der Waals surface area (Å²) in [5.74, 6) is 0.307. The molecule has 0 spiro atoms. The Morgan fingerprint density at radius 2 is 1.47 bits per heavy atom. The number of carbonyl (C=O) groups excluding carboxylic acids is 1. The number of benzene rings is 3. The summed E-state index contributed by atoms with van der Waals surface area (Å²) < 4.78 is 10.6. The second-order valence-corrected chi connectivity index (χ2v) is 7.40. The van der Waals surface area contributed by atoms with Crippen LogP contribution in [0.25, 0.3) is 6.08 Å². The molecule has 0 radical (unpaired) electrons. The Morgan fingerprint density at radius 3 is 1.97 bits per heavy atom. The van der Waals surface area contributed by atoms with Crippen LogP contribution in [0.4, 0.5) is 0 Å². The van der Waals surface area contributed by atoms with Crippen LogP contribution < -0.4 is 4.74 Å². The summed E-state index contributed by atoms with van der Waals surface area (Å²) in [6.07, 6.45) is 4.00. The highest BCUT2D eigenvalue weighted by atomic mass is 16.5. The number of rotatable bonds is 9. The minimum atomic E-state index is -0.667. The molecule has 3 aromatic rings. The van der Waals surface area contributed by atoms with Gasteiger partial charge in [-0.3, -0.25) is 4.99 Å². The van der Waals surface area contributed by atoms with Gasteiger partial charge in [-0.15, -0.1) is 0 Å². The summed E-state index contributed by atoms with van der Waals surface area (Å²) in [6.45, 7) is 4.11. The highest BCUT2D eigenvalue weighted by Crippen LogP contribution is 2.19. The van der Waals surface area contributed by atoms with Crippen molar-refractivity contribution < 1.29 is 14.3 Å². The molecule has 0 saturated heterocycles. The van der Waals surface area contributed by atoms with E-state index in [1.807, 2.05) is 111 Å². The van der Waals surface area contributed by atoms with Gasteiger partial charge in [0.15, 0.2) is 6.04 Å². The van der Waals surface area contributed by atoms with Crippen LogP contribution in [0.15, 0.2) is 96.0 Å². The number of nitrogens with zero attached hydrogens (tertiary/aromatic N) is 1. The Bertz CT molecular complexity index is 1000. The predicted molar refractivity (Wildman–Crippen MR) is 130 cm³/mol. The molecule has 0 N–H and O–H groups in total. The summed E-state index contributed by atoms with van der Waals surface area (Å²) in [4.78, 5) is 17.8. The maximum atomic E-state index is 12.9. The zero-order valence-corrected chi connectivity index (χ0v) is 18.8. The number of carbonyl (C=O) groups is 1. The van der Waals surface area contributed by atoms with Crippen molar-refractivity contribution >= 4 is 17.8 Å². The van der Waals surface area contributed by atoms with Crippen molar-refractivity contribution in [1.82, 2.24) is 0 Å². The molecule has 4 heteroatoms. The van der Waals surface area contributed by atoms with E-state index in [0.29, 0.717) is 6.61 Å². The lowest BCUT2D eigenvalue weighted by Crippen LogP contribution is -2.29. The van der Waals surface area contributed by atoms with E-state index >= 15 is 0 Å². The molecule has 4 nitrogen and oxygen atoms in total. The molecule has 0 saturated carbocycles. The number of methoxy groups -OCH3 is 1. The monoisotopic (exact) mass is 427 g/mol. The summed E-state index contributed by atoms with van der Waals surface area (Å²) in [5, 5.41) is 0. The van der Waals surface area contributed by atoms with E-state index in [-0.39, 0.29) is 11.9 Å². The SMILES string of the molecule is CCOC(=O)[C@H](N=C(c1ccccc1)c1ccccc1)[C@H](C)/C=C/c1ccc(OC)cc1. The molecule has 0 aromatic heterocycles. The lowest BCUT2D eigenvalue weighted by Gasteiger charge is -2.19. The van der Waals surface area contributed by atoms with Crippen LogP contribution in [0, 0.1) is 5.92 Å². The Balaban J connectivity index is 1.97. The molecular formula is C28H29NO3. The molecule has 32 heavy (non-hydrogen) atoms. The van der Waals surface area contributed by atoms with Gasteiger partial charge in [-0.05, 0) is 24.6 Å². The first kappa shape index (κ1) is 23.0. The van der Waals surface area contributed by atoms with Crippen LogP contribution >= 0.6 is 0 Å². The first-order valence-electron chi connectivity index (χ1n) is 10.8. The highest BCUT2D eigenvalue weighted by molar-refractivity contribution is 6.13. The van der Waals surface area contributed by atoms with Gasteiger partial charge in [0.25, 0.3) is 0 Å². The van der Waals surface area contributed by atoms with Gasteiger partial charge in [0.2, 0.25) is 0 Å². The van der Waals surface area contributed by atoms with Gasteiger partial charge in [0.1, 0.15) is 5.75 Å². The number of ether oxygens (including phenoxy) is 2. The lowest BCUT2D eigenvalue weighted by molar-refractivity contribution is -0.145. The second-order valence-electron chi connectivity index (χ2n) is 7.40. The van der Waals surface area contributed by atoms with Crippen molar-refractivity contribution in [3.8, 4) is 5.75 Å². The molecule has 0 unspecified atom stereocenters. The Morgan fingerprint density at radius 1 is 0.906 bits per heavy atom. The van der Waals surface area contributed by atoms with E-state index < -0.39 is 6.04 Å². The van der Waals surface area contributed by atoms with Crippen molar-refractivity contribution in [3.63, 3.8) is 0 Å². The van der Waals surface area contributed by atoms with E-state index in [1.165, 1.54) is 0 Å². The molecular weight excluding hydrogens is 398 g/mol. The van der Waals surface area contributed by atoms with Gasteiger partial charge < -0.3 is 9.47 Å². The van der Waals surface area contributed by atoms with E-state index in [1.54, 1.807) is 7.11 Å². The zero-order chi connectivity index (χ0) is 22.8. The Labute approximate surface area is 190 Å². The second kappa shape index (κ2) is 11.7. The average molecular weight is 428 g/mol. The Kier molecular flexibility index (Phi) is 8.38. The maximum Gasteiger partial charge on any atom is 0.331 e. The number of aliphatic imine (C=N–C) groups is 1. The molecule has 0 heterocycles. The lowest BCUT2D eigenvalue weighted by atomic mass is 9.98. The third kappa shape index (κ3) is 6.17. The molecule has 0 amide bonds. The fraction of sp³-hybridized carbons (Fsp3) is 0.214. The zero-order valence-electron chi connectivity index (χ0n) is 18.8. The molecule has 3 aromatic carbocycles. The molecule has 2 atom stereocenters. The van der Waals surface area contributed by atoms with Gasteiger partial charge in [-0.25, -0.2) is 4.79 Å². The summed E-state index contributed by atoms with van der Waals surface area (Å²) in [7, 11) is 1.64. The first-order chi connectivity index (χ1) is 15.6. The van der Waals surface area contributed by atoms with E-state index in [0.717, 1.165) is 28.2 Å². The van der Waals surface area contributed by atoms with Gasteiger partial charge in [0.05, 0.1) is 19.4 Å². The van der Waals surface area contributed by atoms with Crippen molar-refractivity contribution in [1.29, 1.82) is 0 Å². The minimum Gasteiger partial charge on any atom is -0.497 e. The molecule has 0 aliphatic heterocycles. The van der Waals surface area contributed by atoms with Crippen LogP contribution in [0.5, 0.6) is 5.75 Å². The van der Waals surface area contributed by atoms with Crippen molar-refractivity contribution in [2.45, 2.75) is 19.9 Å². The number of esters is 1. The fourth-order valence-corrected chi connectivity index (χ4v) is 3.34. The number of hydrogen-bond donors (Lipinski definition) is 0. The number of hydrogen-bond acceptors (Lipinski definition) is 4. The highest BCUT2D eigenvalue weighted by Gasteiger charge is 2.25. The summed E-state index contributed by atoms with van der Waals surface area (Å²) in [6, 6.07) is 27.0. The normalized spacial score (nSPS) is 12.7. The third-order valence-electron chi connectivity index (χ3n) is 5.10. The standard InChI is InChI=1S/C28H29NO3/c1-4-32-28(30)26(21(2)15-16-22-17-19-25(31-3)20-18-22)29-27(23-11-7-5-8-12-23)24-13-9-6-10-14-24/h5-21,26H,4H2,1-3H3/b16-15+/t21-,26-/m1/s1. The quantitative estimate of drug-likeness (QED) is 0.320. The fourth-order valence-electron chi connectivity index (χ4n) is 3.34. The van der Waals surface area contributed by atoms with Gasteiger partial charge >= 0.3 is 5.97 Å². The minimum absolute atomic E-state index is 0.168. The largest absolute Gasteiger partial charge is 0.497 e. The molecule has 3 rings (SSSR count). The molecule has 0 aliphatic carbocycles. The van der Waals surface area contributed by atoms with Crippen LogP contribution in [0.2, 0.25) is 0 Å². The molecule has 0 fully saturated rings. The van der Waals surface area contributed by atoms with Crippen molar-refractivity contribution in [2.75, 3.05) is 13.7 Å². The average Bonchev–Trinajstić information content (AvgIpc) is 2.84. The van der Waals surface area contributed by atoms with E-state index in [4.69, 9.17) is 14.5 Å². The maximum absolute atomic E-state index is 12.9.